The molecule has 0 saturated heterocycles. The van der Waals surface area contributed by atoms with Crippen molar-refractivity contribution < 1.29 is 14.6 Å². The molecule has 2 N–H and O–H groups in total. The van der Waals surface area contributed by atoms with Crippen LogP contribution < -0.4 is 5.32 Å². The molecule has 0 atom stereocenters. The van der Waals surface area contributed by atoms with Gasteiger partial charge in [0.25, 0.3) is 0 Å². The van der Waals surface area contributed by atoms with E-state index in [-0.39, 0.29) is 0 Å². The summed E-state index contributed by atoms with van der Waals surface area (Å²) in [6.07, 6.45) is 0.647. The second-order valence-electron chi connectivity index (χ2n) is 3.19. The first kappa shape index (κ1) is 14.7. The summed E-state index contributed by atoms with van der Waals surface area (Å²) in [6.45, 7) is 1.94. The third kappa shape index (κ3) is 5.20. The maximum atomic E-state index is 8.04. The molecule has 4 nitrogen and oxygen atoms in total. The van der Waals surface area contributed by atoms with Crippen LogP contribution >= 0.6 is 35.9 Å². The van der Waals surface area contributed by atoms with E-state index in [1.165, 1.54) is 0 Å². The Hall–Kier alpha value is -0.370. The number of alkyl halides is 1. The van der Waals surface area contributed by atoms with E-state index in [1.54, 1.807) is 0 Å². The zero-order chi connectivity index (χ0) is 12.7. The maximum absolute atomic E-state index is 8.04. The Balaban J connectivity index is 2.65. The van der Waals surface area contributed by atoms with Gasteiger partial charge in [-0.2, -0.15) is 0 Å². The topological polar surface area (TPSA) is 50.7 Å². The van der Waals surface area contributed by atoms with Gasteiger partial charge in [-0.25, -0.2) is 5.26 Å². The Morgan fingerprint density at radius 2 is 2.35 bits per heavy atom. The van der Waals surface area contributed by atoms with Crippen molar-refractivity contribution in [2.45, 2.75) is 18.2 Å². The smallest absolute Gasteiger partial charge is 0.0809 e. The molecule has 0 saturated carbocycles. The van der Waals surface area contributed by atoms with Crippen LogP contribution in [0.25, 0.3) is 0 Å². The molecule has 0 heterocycles. The first-order chi connectivity index (χ1) is 8.17. The van der Waals surface area contributed by atoms with Gasteiger partial charge in [0.05, 0.1) is 17.0 Å². The first-order valence-corrected chi connectivity index (χ1v) is 6.47. The van der Waals surface area contributed by atoms with Gasteiger partial charge in [0.1, 0.15) is 0 Å². The number of aryl methyl sites for hydroxylation is 1. The minimum Gasteiger partial charge on any atom is -0.350 e. The number of halogens is 1. The Labute approximate surface area is 114 Å². The standard InChI is InChI=1S/C10H12ClNO3S2/c1-7-6-8(17-15-14-13)2-3-9(7)12-10(16)4-5-11/h2-3,6,13H,4-5H2,1H3,(H,12,16). The number of rotatable bonds is 6. The normalized spacial score (nSPS) is 10.3. The largest absolute Gasteiger partial charge is 0.350 e. The van der Waals surface area contributed by atoms with Gasteiger partial charge in [-0.1, -0.05) is 17.3 Å². The maximum Gasteiger partial charge on any atom is 0.0809 e. The van der Waals surface area contributed by atoms with Crippen LogP contribution in [0.2, 0.25) is 0 Å². The van der Waals surface area contributed by atoms with E-state index in [0.717, 1.165) is 28.2 Å². The molecule has 0 unspecified atom stereocenters. The van der Waals surface area contributed by atoms with Crippen LogP contribution in [0.1, 0.15) is 12.0 Å². The average molecular weight is 294 g/mol. The molecule has 0 amide bonds. The van der Waals surface area contributed by atoms with Crippen LogP contribution in [0, 0.1) is 6.92 Å². The number of benzene rings is 1. The molecule has 17 heavy (non-hydrogen) atoms. The highest BCUT2D eigenvalue weighted by Crippen LogP contribution is 2.24. The number of anilines is 1. The molecule has 0 aliphatic carbocycles. The lowest BCUT2D eigenvalue weighted by molar-refractivity contribution is -0.432. The summed E-state index contributed by atoms with van der Waals surface area (Å²) in [7, 11) is 0. The van der Waals surface area contributed by atoms with Crippen LogP contribution in [0.5, 0.6) is 0 Å². The van der Waals surface area contributed by atoms with E-state index in [9.17, 15) is 0 Å². The summed E-state index contributed by atoms with van der Waals surface area (Å²) in [5.41, 5.74) is 1.93. The number of hydrogen-bond acceptors (Lipinski definition) is 5. The van der Waals surface area contributed by atoms with Crippen LogP contribution in [-0.4, -0.2) is 16.1 Å². The predicted octanol–water partition coefficient (Wildman–Crippen LogP) is 3.79. The summed E-state index contributed by atoms with van der Waals surface area (Å²) < 4.78 is 4.34. The van der Waals surface area contributed by atoms with Gasteiger partial charge < -0.3 is 5.32 Å². The minimum absolute atomic E-state index is 0.500. The zero-order valence-electron chi connectivity index (χ0n) is 9.10. The highest BCUT2D eigenvalue weighted by atomic mass is 35.5. The zero-order valence-corrected chi connectivity index (χ0v) is 11.5. The van der Waals surface area contributed by atoms with Crippen molar-refractivity contribution >= 4 is 46.5 Å². The Morgan fingerprint density at radius 1 is 1.59 bits per heavy atom. The molecule has 0 aliphatic heterocycles. The fourth-order valence-corrected chi connectivity index (χ4v) is 2.15. The first-order valence-electron chi connectivity index (χ1n) is 4.78. The second kappa shape index (κ2) is 7.86. The third-order valence-electron chi connectivity index (χ3n) is 1.95. The minimum atomic E-state index is 0.500. The van der Waals surface area contributed by atoms with Gasteiger partial charge in [-0.05, 0) is 30.7 Å². The molecule has 1 aromatic rings. The highest BCUT2D eigenvalue weighted by molar-refractivity contribution is 7.94. The van der Waals surface area contributed by atoms with E-state index < -0.39 is 0 Å². The van der Waals surface area contributed by atoms with Crippen molar-refractivity contribution in [1.29, 1.82) is 0 Å². The lowest BCUT2D eigenvalue weighted by Gasteiger charge is -2.10. The molecule has 0 spiro atoms. The number of nitrogens with one attached hydrogen (secondary N) is 1. The summed E-state index contributed by atoms with van der Waals surface area (Å²) in [6, 6.07) is 5.58. The number of thiocarbonyl (C=S) groups is 1. The molecular weight excluding hydrogens is 282 g/mol. The van der Waals surface area contributed by atoms with Crippen LogP contribution in [0.15, 0.2) is 23.1 Å². The van der Waals surface area contributed by atoms with E-state index in [1.807, 2.05) is 25.1 Å². The summed E-state index contributed by atoms with van der Waals surface area (Å²) in [5.74, 6) is 0.500. The van der Waals surface area contributed by atoms with E-state index in [2.05, 4.69) is 14.7 Å². The van der Waals surface area contributed by atoms with Gasteiger partial charge in [0.2, 0.25) is 0 Å². The molecule has 0 fully saturated rings. The fraction of sp³-hybridized carbons (Fsp3) is 0.300. The lowest BCUT2D eigenvalue weighted by Crippen LogP contribution is -2.10. The molecule has 94 valence electrons. The van der Waals surface area contributed by atoms with Gasteiger partial charge in [-0.3, -0.25) is 0 Å². The highest BCUT2D eigenvalue weighted by Gasteiger charge is 2.03. The second-order valence-corrected chi connectivity index (χ2v) is 4.83. The summed E-state index contributed by atoms with van der Waals surface area (Å²) in [5, 5.41) is 14.7. The van der Waals surface area contributed by atoms with Gasteiger partial charge in [0.15, 0.2) is 0 Å². The lowest BCUT2D eigenvalue weighted by atomic mass is 10.2. The molecular formula is C10H12ClNO3S2. The molecule has 0 bridgehead atoms. The molecule has 1 rings (SSSR count). The molecule has 7 heteroatoms. The van der Waals surface area contributed by atoms with Crippen molar-refractivity contribution in [2.75, 3.05) is 11.2 Å². The SMILES string of the molecule is Cc1cc(SOOO)ccc1NC(=S)CCCl. The van der Waals surface area contributed by atoms with Gasteiger partial charge >= 0.3 is 0 Å². The van der Waals surface area contributed by atoms with Crippen LogP contribution in [0.3, 0.4) is 0 Å². The molecule has 0 aliphatic rings. The van der Waals surface area contributed by atoms with Crippen molar-refractivity contribution in [1.82, 2.24) is 0 Å². The predicted molar refractivity (Wildman–Crippen MR) is 73.4 cm³/mol. The van der Waals surface area contributed by atoms with Crippen LogP contribution in [0.4, 0.5) is 5.69 Å². The number of hydrogen-bond donors (Lipinski definition) is 2. The van der Waals surface area contributed by atoms with E-state index in [0.29, 0.717) is 17.3 Å². The summed E-state index contributed by atoms with van der Waals surface area (Å²) >= 11 is 11.6. The van der Waals surface area contributed by atoms with Gasteiger partial charge in [0, 0.05) is 22.9 Å². The summed E-state index contributed by atoms with van der Waals surface area (Å²) in [4.78, 5) is 1.52. The van der Waals surface area contributed by atoms with E-state index >= 15 is 0 Å². The van der Waals surface area contributed by atoms with Crippen molar-refractivity contribution in [2.24, 2.45) is 0 Å². The Bertz CT molecular complexity index is 390. The quantitative estimate of drug-likeness (QED) is 0.274. The molecule has 0 aromatic heterocycles. The van der Waals surface area contributed by atoms with Crippen LogP contribution in [-0.2, 0) is 9.37 Å². The molecule has 1 aromatic carbocycles. The Kier molecular flexibility index (Phi) is 6.79. The van der Waals surface area contributed by atoms with Crippen molar-refractivity contribution in [3.8, 4) is 0 Å². The Morgan fingerprint density at radius 3 is 2.94 bits per heavy atom. The average Bonchev–Trinajstić information content (AvgIpc) is 2.30. The van der Waals surface area contributed by atoms with Crippen molar-refractivity contribution in [3.63, 3.8) is 0 Å². The molecule has 0 radical (unpaired) electrons. The monoisotopic (exact) mass is 293 g/mol. The fourth-order valence-electron chi connectivity index (χ4n) is 1.18. The van der Waals surface area contributed by atoms with Crippen molar-refractivity contribution in [3.05, 3.63) is 23.8 Å². The van der Waals surface area contributed by atoms with E-state index in [4.69, 9.17) is 29.1 Å². The third-order valence-corrected chi connectivity index (χ3v) is 3.02. The van der Waals surface area contributed by atoms with Gasteiger partial charge in [-0.15, -0.1) is 15.9 Å².